The normalized spacial score (nSPS) is 13.2. The maximum Gasteiger partial charge on any atom is 0.258 e. The third-order valence-corrected chi connectivity index (χ3v) is 5.40. The summed E-state index contributed by atoms with van der Waals surface area (Å²) in [7, 11) is 0. The molecule has 1 aliphatic heterocycles. The smallest absolute Gasteiger partial charge is 0.258 e. The number of amides is 2. The van der Waals surface area contributed by atoms with Crippen molar-refractivity contribution in [2.75, 3.05) is 16.8 Å². The standard InChI is InChI=1S/C25H21ClN2O2/c26-22-11-5-4-7-18(22)13-15-24(29)27-21-14-12-19-10-6-16-28(23(19)17-21)25(30)20-8-2-1-3-9-20/h1-5,7-9,11-15,17H,6,10,16H2,(H,27,29)/b15-13+. The monoisotopic (exact) mass is 416 g/mol. The lowest BCUT2D eigenvalue weighted by atomic mass is 10.00. The summed E-state index contributed by atoms with van der Waals surface area (Å²) in [4.78, 5) is 27.2. The minimum atomic E-state index is -0.258. The second-order valence-corrected chi connectivity index (χ2v) is 7.52. The number of hydrogen-bond donors (Lipinski definition) is 1. The molecule has 2 amide bonds. The van der Waals surface area contributed by atoms with Gasteiger partial charge in [0, 0.05) is 34.6 Å². The van der Waals surface area contributed by atoms with Crippen LogP contribution in [0.4, 0.5) is 11.4 Å². The molecular formula is C25H21ClN2O2. The molecular weight excluding hydrogens is 396 g/mol. The lowest BCUT2D eigenvalue weighted by Crippen LogP contribution is -2.35. The van der Waals surface area contributed by atoms with Gasteiger partial charge in [-0.15, -0.1) is 0 Å². The third-order valence-electron chi connectivity index (χ3n) is 5.06. The van der Waals surface area contributed by atoms with Crippen molar-refractivity contribution < 1.29 is 9.59 Å². The number of carbonyl (C=O) groups is 2. The van der Waals surface area contributed by atoms with Crippen molar-refractivity contribution in [1.82, 2.24) is 0 Å². The van der Waals surface area contributed by atoms with Crippen LogP contribution in [0.2, 0.25) is 5.02 Å². The van der Waals surface area contributed by atoms with Crippen molar-refractivity contribution in [3.05, 3.63) is 101 Å². The van der Waals surface area contributed by atoms with E-state index in [0.29, 0.717) is 22.8 Å². The fraction of sp³-hybridized carbons (Fsp3) is 0.120. The first-order valence-electron chi connectivity index (χ1n) is 9.85. The topological polar surface area (TPSA) is 49.4 Å². The Kier molecular flexibility index (Phi) is 5.96. The molecule has 0 saturated carbocycles. The van der Waals surface area contributed by atoms with Gasteiger partial charge in [-0.25, -0.2) is 0 Å². The summed E-state index contributed by atoms with van der Waals surface area (Å²) in [5, 5.41) is 3.46. The van der Waals surface area contributed by atoms with E-state index in [0.717, 1.165) is 29.7 Å². The van der Waals surface area contributed by atoms with E-state index in [1.165, 1.54) is 6.08 Å². The molecule has 3 aromatic carbocycles. The van der Waals surface area contributed by atoms with E-state index in [-0.39, 0.29) is 11.8 Å². The molecule has 0 atom stereocenters. The van der Waals surface area contributed by atoms with Gasteiger partial charge in [0.25, 0.3) is 5.91 Å². The average molecular weight is 417 g/mol. The molecule has 4 nitrogen and oxygen atoms in total. The summed E-state index contributed by atoms with van der Waals surface area (Å²) >= 11 is 6.12. The first-order chi connectivity index (χ1) is 14.6. The zero-order valence-corrected chi connectivity index (χ0v) is 17.1. The SMILES string of the molecule is O=C(/C=C/c1ccccc1Cl)Nc1ccc2c(c1)N(C(=O)c1ccccc1)CCC2. The Morgan fingerprint density at radius 3 is 2.53 bits per heavy atom. The van der Waals surface area contributed by atoms with Crippen molar-refractivity contribution in [2.45, 2.75) is 12.8 Å². The molecule has 30 heavy (non-hydrogen) atoms. The van der Waals surface area contributed by atoms with Gasteiger partial charge in [-0.05, 0) is 60.4 Å². The number of anilines is 2. The Morgan fingerprint density at radius 1 is 0.967 bits per heavy atom. The molecule has 5 heteroatoms. The molecule has 0 radical (unpaired) electrons. The predicted molar refractivity (Wildman–Crippen MR) is 122 cm³/mol. The summed E-state index contributed by atoms with van der Waals surface area (Å²) in [6.45, 7) is 0.657. The number of carbonyl (C=O) groups excluding carboxylic acids is 2. The summed E-state index contributed by atoms with van der Waals surface area (Å²) in [6.07, 6.45) is 4.96. The third kappa shape index (κ3) is 4.44. The highest BCUT2D eigenvalue weighted by Gasteiger charge is 2.24. The lowest BCUT2D eigenvalue weighted by molar-refractivity contribution is -0.111. The molecule has 0 saturated heterocycles. The predicted octanol–water partition coefficient (Wildman–Crippen LogP) is 5.58. The highest BCUT2D eigenvalue weighted by Crippen LogP contribution is 2.31. The van der Waals surface area contributed by atoms with Crippen LogP contribution < -0.4 is 10.2 Å². The molecule has 150 valence electrons. The molecule has 1 aliphatic rings. The highest BCUT2D eigenvalue weighted by molar-refractivity contribution is 6.32. The van der Waals surface area contributed by atoms with Crippen molar-refractivity contribution in [2.24, 2.45) is 0 Å². The molecule has 0 aliphatic carbocycles. The second-order valence-electron chi connectivity index (χ2n) is 7.11. The second kappa shape index (κ2) is 8.97. The van der Waals surface area contributed by atoms with Crippen LogP contribution in [0.25, 0.3) is 6.08 Å². The van der Waals surface area contributed by atoms with E-state index >= 15 is 0 Å². The van der Waals surface area contributed by atoms with Gasteiger partial charge in [0.15, 0.2) is 0 Å². The van der Waals surface area contributed by atoms with Gasteiger partial charge in [-0.3, -0.25) is 9.59 Å². The van der Waals surface area contributed by atoms with Crippen molar-refractivity contribution in [3.63, 3.8) is 0 Å². The van der Waals surface area contributed by atoms with E-state index in [4.69, 9.17) is 11.6 Å². The molecule has 0 unspecified atom stereocenters. The largest absolute Gasteiger partial charge is 0.322 e. The van der Waals surface area contributed by atoms with E-state index in [9.17, 15) is 9.59 Å². The van der Waals surface area contributed by atoms with Gasteiger partial charge in [0.05, 0.1) is 0 Å². The number of fused-ring (bicyclic) bond motifs is 1. The van der Waals surface area contributed by atoms with Crippen LogP contribution in [0.15, 0.2) is 78.9 Å². The Morgan fingerprint density at radius 2 is 1.73 bits per heavy atom. The fourth-order valence-corrected chi connectivity index (χ4v) is 3.76. The van der Waals surface area contributed by atoms with Gasteiger partial charge >= 0.3 is 0 Å². The summed E-state index contributed by atoms with van der Waals surface area (Å²) in [5.74, 6) is -0.287. The van der Waals surface area contributed by atoms with Gasteiger partial charge in [-0.1, -0.05) is 54.1 Å². The highest BCUT2D eigenvalue weighted by atomic mass is 35.5. The quantitative estimate of drug-likeness (QED) is 0.564. The van der Waals surface area contributed by atoms with Crippen LogP contribution in [-0.2, 0) is 11.2 Å². The minimum Gasteiger partial charge on any atom is -0.322 e. The fourth-order valence-electron chi connectivity index (χ4n) is 3.56. The van der Waals surface area contributed by atoms with Crippen LogP contribution in [0.5, 0.6) is 0 Å². The van der Waals surface area contributed by atoms with Gasteiger partial charge in [0.1, 0.15) is 0 Å². The number of halogens is 1. The lowest BCUT2D eigenvalue weighted by Gasteiger charge is -2.30. The van der Waals surface area contributed by atoms with Crippen molar-refractivity contribution in [3.8, 4) is 0 Å². The van der Waals surface area contributed by atoms with Crippen molar-refractivity contribution >= 4 is 40.9 Å². The number of benzene rings is 3. The Balaban J connectivity index is 1.53. The first-order valence-corrected chi connectivity index (χ1v) is 10.2. The van der Waals surface area contributed by atoms with E-state index in [1.54, 1.807) is 17.0 Å². The van der Waals surface area contributed by atoms with Crippen LogP contribution in [0.1, 0.15) is 27.9 Å². The van der Waals surface area contributed by atoms with Gasteiger partial charge in [0.2, 0.25) is 5.91 Å². The van der Waals surface area contributed by atoms with Crippen LogP contribution in [0.3, 0.4) is 0 Å². The molecule has 4 rings (SSSR count). The number of aryl methyl sites for hydroxylation is 1. The summed E-state index contributed by atoms with van der Waals surface area (Å²) < 4.78 is 0. The van der Waals surface area contributed by atoms with Gasteiger partial charge < -0.3 is 10.2 Å². The molecule has 1 N–H and O–H groups in total. The zero-order valence-electron chi connectivity index (χ0n) is 16.3. The summed E-state index contributed by atoms with van der Waals surface area (Å²) in [5.41, 5.74) is 4.04. The Bertz CT molecular complexity index is 1110. The Labute approximate surface area is 180 Å². The van der Waals surface area contributed by atoms with Crippen LogP contribution in [-0.4, -0.2) is 18.4 Å². The van der Waals surface area contributed by atoms with E-state index in [1.807, 2.05) is 66.7 Å². The molecule has 3 aromatic rings. The first kappa shape index (κ1) is 19.9. The number of nitrogens with one attached hydrogen (secondary N) is 1. The van der Waals surface area contributed by atoms with Crippen molar-refractivity contribution in [1.29, 1.82) is 0 Å². The maximum atomic E-state index is 13.0. The van der Waals surface area contributed by atoms with Gasteiger partial charge in [-0.2, -0.15) is 0 Å². The zero-order chi connectivity index (χ0) is 20.9. The number of rotatable bonds is 4. The van der Waals surface area contributed by atoms with E-state index in [2.05, 4.69) is 5.32 Å². The molecule has 1 heterocycles. The van der Waals surface area contributed by atoms with Crippen LogP contribution in [0, 0.1) is 0 Å². The maximum absolute atomic E-state index is 13.0. The number of nitrogens with zero attached hydrogens (tertiary/aromatic N) is 1. The van der Waals surface area contributed by atoms with Crippen LogP contribution >= 0.6 is 11.6 Å². The number of hydrogen-bond acceptors (Lipinski definition) is 2. The van der Waals surface area contributed by atoms with E-state index < -0.39 is 0 Å². The Hall–Kier alpha value is -3.37. The summed E-state index contributed by atoms with van der Waals surface area (Å²) in [6, 6.07) is 22.3. The average Bonchev–Trinajstić information content (AvgIpc) is 2.78. The molecule has 0 aromatic heterocycles. The molecule has 0 spiro atoms. The molecule has 0 fully saturated rings. The minimum absolute atomic E-state index is 0.0290. The molecule has 0 bridgehead atoms.